The predicted octanol–water partition coefficient (Wildman–Crippen LogP) is 4.16. The van der Waals surface area contributed by atoms with Crippen molar-refractivity contribution in [3.05, 3.63) is 66.2 Å². The summed E-state index contributed by atoms with van der Waals surface area (Å²) in [6.07, 6.45) is 2.04. The Morgan fingerprint density at radius 1 is 0.706 bits per heavy atom. The van der Waals surface area contributed by atoms with Gasteiger partial charge in [-0.15, -0.1) is 0 Å². The molecule has 17 heavy (non-hydrogen) atoms. The Labute approximate surface area is 100 Å². The standard InChI is InChI=1S/C15H12N2/c1-2-4-12(5-3-1)13-6-8-14(9-7-13)15-10-11-16-17-15/h1-10H,11H2. The monoisotopic (exact) mass is 220 g/mol. The molecule has 2 heteroatoms. The van der Waals surface area contributed by atoms with Crippen LogP contribution < -0.4 is 0 Å². The largest absolute Gasteiger partial charge is 0.184 e. The fourth-order valence-electron chi connectivity index (χ4n) is 1.92. The zero-order chi connectivity index (χ0) is 11.5. The van der Waals surface area contributed by atoms with Gasteiger partial charge in [0.15, 0.2) is 0 Å². The fraction of sp³-hybridized carbons (Fsp3) is 0.0667. The van der Waals surface area contributed by atoms with Crippen LogP contribution in [0.15, 0.2) is 70.9 Å². The molecule has 1 aliphatic heterocycles. The van der Waals surface area contributed by atoms with Crippen LogP contribution in [0.3, 0.4) is 0 Å². The number of rotatable bonds is 2. The van der Waals surface area contributed by atoms with Gasteiger partial charge in [0.05, 0.1) is 12.2 Å². The Balaban J connectivity index is 1.93. The average molecular weight is 220 g/mol. The van der Waals surface area contributed by atoms with Gasteiger partial charge in [-0.25, -0.2) is 0 Å². The number of nitrogens with zero attached hydrogens (tertiary/aromatic N) is 2. The van der Waals surface area contributed by atoms with Gasteiger partial charge < -0.3 is 0 Å². The highest BCUT2D eigenvalue weighted by molar-refractivity contribution is 5.70. The molecule has 0 saturated heterocycles. The first kappa shape index (κ1) is 9.97. The van der Waals surface area contributed by atoms with Crippen molar-refractivity contribution in [3.63, 3.8) is 0 Å². The van der Waals surface area contributed by atoms with E-state index in [1.54, 1.807) is 0 Å². The summed E-state index contributed by atoms with van der Waals surface area (Å²) in [6.45, 7) is 0.704. The van der Waals surface area contributed by atoms with Crippen molar-refractivity contribution in [2.24, 2.45) is 10.2 Å². The Morgan fingerprint density at radius 2 is 1.35 bits per heavy atom. The van der Waals surface area contributed by atoms with Gasteiger partial charge in [-0.3, -0.25) is 0 Å². The van der Waals surface area contributed by atoms with Crippen LogP contribution in [0.4, 0.5) is 0 Å². The highest BCUT2D eigenvalue weighted by Crippen LogP contribution is 2.24. The normalized spacial score (nSPS) is 13.8. The maximum atomic E-state index is 4.09. The Hall–Kier alpha value is -2.22. The molecule has 82 valence electrons. The first-order valence-electron chi connectivity index (χ1n) is 5.67. The molecule has 0 radical (unpaired) electrons. The van der Waals surface area contributed by atoms with E-state index in [0.29, 0.717) is 6.54 Å². The summed E-state index contributed by atoms with van der Waals surface area (Å²) in [5, 5.41) is 8.05. The SMILES string of the molecule is C1=C(c2ccc(-c3ccccc3)cc2)N=NC1. The number of azo groups is 1. The first-order chi connectivity index (χ1) is 8.43. The van der Waals surface area contributed by atoms with Crippen LogP contribution in [0.25, 0.3) is 16.8 Å². The summed E-state index contributed by atoms with van der Waals surface area (Å²) < 4.78 is 0. The molecular formula is C15H12N2. The molecule has 1 heterocycles. The van der Waals surface area contributed by atoms with Gasteiger partial charge in [0.25, 0.3) is 0 Å². The first-order valence-corrected chi connectivity index (χ1v) is 5.67. The molecule has 0 spiro atoms. The molecule has 0 unspecified atom stereocenters. The van der Waals surface area contributed by atoms with Crippen molar-refractivity contribution in [2.45, 2.75) is 0 Å². The lowest BCUT2D eigenvalue weighted by molar-refractivity contribution is 1.14. The van der Waals surface area contributed by atoms with Crippen LogP contribution in [0.2, 0.25) is 0 Å². The van der Waals surface area contributed by atoms with E-state index in [2.05, 4.69) is 58.8 Å². The summed E-state index contributed by atoms with van der Waals surface area (Å²) in [5.41, 5.74) is 4.57. The number of benzene rings is 2. The molecule has 0 aromatic heterocycles. The Kier molecular flexibility index (Phi) is 2.54. The van der Waals surface area contributed by atoms with Crippen molar-refractivity contribution < 1.29 is 0 Å². The topological polar surface area (TPSA) is 24.7 Å². The quantitative estimate of drug-likeness (QED) is 0.726. The minimum absolute atomic E-state index is 0.704. The molecule has 2 aromatic rings. The molecule has 1 aliphatic rings. The second-order valence-electron chi connectivity index (χ2n) is 3.96. The van der Waals surface area contributed by atoms with Crippen molar-refractivity contribution in [2.75, 3.05) is 6.54 Å². The van der Waals surface area contributed by atoms with Crippen LogP contribution in [-0.2, 0) is 0 Å². The van der Waals surface area contributed by atoms with Crippen LogP contribution >= 0.6 is 0 Å². The third-order valence-corrected chi connectivity index (χ3v) is 2.83. The molecule has 0 aliphatic carbocycles. The van der Waals surface area contributed by atoms with E-state index in [-0.39, 0.29) is 0 Å². The minimum Gasteiger partial charge on any atom is -0.184 e. The molecule has 0 atom stereocenters. The van der Waals surface area contributed by atoms with Crippen LogP contribution in [0.5, 0.6) is 0 Å². The molecule has 0 amide bonds. The lowest BCUT2D eigenvalue weighted by atomic mass is 10.0. The number of hydrogen-bond donors (Lipinski definition) is 0. The van der Waals surface area contributed by atoms with E-state index < -0.39 is 0 Å². The molecule has 0 N–H and O–H groups in total. The van der Waals surface area contributed by atoms with Gasteiger partial charge in [-0.2, -0.15) is 10.2 Å². The van der Waals surface area contributed by atoms with E-state index in [1.165, 1.54) is 11.1 Å². The molecule has 2 nitrogen and oxygen atoms in total. The van der Waals surface area contributed by atoms with Crippen molar-refractivity contribution in [3.8, 4) is 11.1 Å². The molecule has 0 fully saturated rings. The van der Waals surface area contributed by atoms with Crippen molar-refractivity contribution in [1.29, 1.82) is 0 Å². The lowest BCUT2D eigenvalue weighted by Gasteiger charge is -2.03. The van der Waals surface area contributed by atoms with Crippen LogP contribution in [0.1, 0.15) is 5.56 Å². The highest BCUT2D eigenvalue weighted by Gasteiger charge is 2.04. The maximum absolute atomic E-state index is 4.09. The summed E-state index contributed by atoms with van der Waals surface area (Å²) in [7, 11) is 0. The minimum atomic E-state index is 0.704. The second-order valence-corrected chi connectivity index (χ2v) is 3.96. The molecular weight excluding hydrogens is 208 g/mol. The van der Waals surface area contributed by atoms with E-state index >= 15 is 0 Å². The zero-order valence-corrected chi connectivity index (χ0v) is 9.38. The third-order valence-electron chi connectivity index (χ3n) is 2.83. The van der Waals surface area contributed by atoms with Gasteiger partial charge in [0, 0.05) is 5.56 Å². The van der Waals surface area contributed by atoms with Crippen LogP contribution in [-0.4, -0.2) is 6.54 Å². The van der Waals surface area contributed by atoms with E-state index in [0.717, 1.165) is 11.3 Å². The second kappa shape index (κ2) is 4.34. The Bertz CT molecular complexity index is 566. The van der Waals surface area contributed by atoms with Gasteiger partial charge in [0.1, 0.15) is 0 Å². The van der Waals surface area contributed by atoms with Gasteiger partial charge in [-0.05, 0) is 17.2 Å². The third kappa shape index (κ3) is 2.02. The Morgan fingerprint density at radius 3 is 2.00 bits per heavy atom. The van der Waals surface area contributed by atoms with E-state index in [4.69, 9.17) is 0 Å². The van der Waals surface area contributed by atoms with Gasteiger partial charge in [0.2, 0.25) is 0 Å². The highest BCUT2D eigenvalue weighted by atomic mass is 15.1. The summed E-state index contributed by atoms with van der Waals surface area (Å²) >= 11 is 0. The summed E-state index contributed by atoms with van der Waals surface area (Å²) in [4.78, 5) is 0. The van der Waals surface area contributed by atoms with Gasteiger partial charge >= 0.3 is 0 Å². The van der Waals surface area contributed by atoms with E-state index in [9.17, 15) is 0 Å². The number of hydrogen-bond acceptors (Lipinski definition) is 2. The molecule has 3 rings (SSSR count). The molecule has 2 aromatic carbocycles. The average Bonchev–Trinajstić information content (AvgIpc) is 2.94. The van der Waals surface area contributed by atoms with Crippen molar-refractivity contribution in [1.82, 2.24) is 0 Å². The lowest BCUT2D eigenvalue weighted by Crippen LogP contribution is -1.81. The molecule has 0 saturated carbocycles. The fourth-order valence-corrected chi connectivity index (χ4v) is 1.92. The zero-order valence-electron chi connectivity index (χ0n) is 9.38. The molecule has 0 bridgehead atoms. The summed E-state index contributed by atoms with van der Waals surface area (Å²) in [5.74, 6) is 0. The summed E-state index contributed by atoms with van der Waals surface area (Å²) in [6, 6.07) is 18.8. The van der Waals surface area contributed by atoms with E-state index in [1.807, 2.05) is 12.1 Å². The van der Waals surface area contributed by atoms with Crippen molar-refractivity contribution >= 4 is 5.70 Å². The predicted molar refractivity (Wildman–Crippen MR) is 69.6 cm³/mol. The van der Waals surface area contributed by atoms with Crippen LogP contribution in [0, 0.1) is 0 Å². The smallest absolute Gasteiger partial charge is 0.0904 e. The van der Waals surface area contributed by atoms with Gasteiger partial charge in [-0.1, -0.05) is 54.6 Å². The maximum Gasteiger partial charge on any atom is 0.0904 e.